The predicted octanol–water partition coefficient (Wildman–Crippen LogP) is 4.37. The molecule has 2 nitrogen and oxygen atoms in total. The fourth-order valence-corrected chi connectivity index (χ4v) is 3.38. The third-order valence-corrected chi connectivity index (χ3v) is 5.38. The number of rotatable bonds is 4. The lowest BCUT2D eigenvalue weighted by Crippen LogP contribution is -2.16. The standard InChI is InChI=1S/C14H16ClFN2S/c1-9(15)13-17-11-7-10(16)3-4-12(11)18(13)8-14(19-2)5-6-14/h3-4,7,9H,5-6,8H2,1-2H3. The minimum Gasteiger partial charge on any atom is -0.325 e. The summed E-state index contributed by atoms with van der Waals surface area (Å²) in [7, 11) is 0. The molecule has 5 heteroatoms. The number of hydrogen-bond acceptors (Lipinski definition) is 2. The van der Waals surface area contributed by atoms with Gasteiger partial charge in [0, 0.05) is 17.4 Å². The molecule has 1 unspecified atom stereocenters. The van der Waals surface area contributed by atoms with E-state index in [9.17, 15) is 4.39 Å². The van der Waals surface area contributed by atoms with Crippen molar-refractivity contribution in [3.63, 3.8) is 0 Å². The zero-order valence-corrected chi connectivity index (χ0v) is 12.6. The molecule has 0 saturated heterocycles. The Morgan fingerprint density at radius 1 is 1.53 bits per heavy atom. The molecular weight excluding hydrogens is 283 g/mol. The van der Waals surface area contributed by atoms with Crippen LogP contribution < -0.4 is 0 Å². The highest BCUT2D eigenvalue weighted by Gasteiger charge is 2.43. The Morgan fingerprint density at radius 3 is 2.84 bits per heavy atom. The van der Waals surface area contributed by atoms with Crippen LogP contribution in [0.2, 0.25) is 0 Å². The van der Waals surface area contributed by atoms with Crippen LogP contribution in [0, 0.1) is 5.82 Å². The number of hydrogen-bond donors (Lipinski definition) is 0. The number of halogens is 2. The van der Waals surface area contributed by atoms with Gasteiger partial charge in [-0.3, -0.25) is 0 Å². The van der Waals surface area contributed by atoms with Gasteiger partial charge in [0.05, 0.1) is 16.4 Å². The monoisotopic (exact) mass is 298 g/mol. The van der Waals surface area contributed by atoms with Crippen LogP contribution in [0.1, 0.15) is 31.0 Å². The number of aromatic nitrogens is 2. The minimum absolute atomic E-state index is 0.173. The maximum Gasteiger partial charge on any atom is 0.127 e. The van der Waals surface area contributed by atoms with Crippen molar-refractivity contribution < 1.29 is 4.39 Å². The Kier molecular flexibility index (Phi) is 3.26. The maximum atomic E-state index is 13.3. The average molecular weight is 299 g/mol. The highest BCUT2D eigenvalue weighted by atomic mass is 35.5. The van der Waals surface area contributed by atoms with Gasteiger partial charge >= 0.3 is 0 Å². The van der Waals surface area contributed by atoms with Gasteiger partial charge in [-0.1, -0.05) is 0 Å². The topological polar surface area (TPSA) is 17.8 Å². The largest absolute Gasteiger partial charge is 0.325 e. The first kappa shape index (κ1) is 13.3. The van der Waals surface area contributed by atoms with E-state index in [-0.39, 0.29) is 11.2 Å². The number of thioether (sulfide) groups is 1. The van der Waals surface area contributed by atoms with Crippen LogP contribution in [-0.2, 0) is 6.54 Å². The van der Waals surface area contributed by atoms with Crippen molar-refractivity contribution in [2.24, 2.45) is 0 Å². The molecule has 2 aromatic rings. The van der Waals surface area contributed by atoms with E-state index in [0.717, 1.165) is 17.9 Å². The normalized spacial score (nSPS) is 18.7. The van der Waals surface area contributed by atoms with E-state index >= 15 is 0 Å². The van der Waals surface area contributed by atoms with Gasteiger partial charge in [-0.2, -0.15) is 11.8 Å². The summed E-state index contributed by atoms with van der Waals surface area (Å²) in [6, 6.07) is 4.77. The molecule has 1 fully saturated rings. The van der Waals surface area contributed by atoms with Gasteiger partial charge in [0.25, 0.3) is 0 Å². The Balaban J connectivity index is 2.11. The zero-order chi connectivity index (χ0) is 13.6. The molecule has 0 amide bonds. The van der Waals surface area contributed by atoms with Crippen molar-refractivity contribution in [1.29, 1.82) is 0 Å². The van der Waals surface area contributed by atoms with E-state index < -0.39 is 0 Å². The summed E-state index contributed by atoms with van der Waals surface area (Å²) >= 11 is 8.13. The molecule has 1 saturated carbocycles. The first-order valence-electron chi connectivity index (χ1n) is 6.39. The molecule has 0 N–H and O–H groups in total. The van der Waals surface area contributed by atoms with Crippen molar-refractivity contribution in [1.82, 2.24) is 9.55 Å². The van der Waals surface area contributed by atoms with Crippen LogP contribution in [0.25, 0.3) is 11.0 Å². The summed E-state index contributed by atoms with van der Waals surface area (Å²) < 4.78 is 15.8. The van der Waals surface area contributed by atoms with Gasteiger partial charge in [0.2, 0.25) is 0 Å². The molecule has 0 spiro atoms. The molecule has 1 aromatic heterocycles. The summed E-state index contributed by atoms with van der Waals surface area (Å²) in [6.07, 6.45) is 4.60. The van der Waals surface area contributed by atoms with Crippen LogP contribution in [0.5, 0.6) is 0 Å². The predicted molar refractivity (Wildman–Crippen MR) is 79.4 cm³/mol. The van der Waals surface area contributed by atoms with Gasteiger partial charge in [-0.05, 0) is 38.2 Å². The van der Waals surface area contributed by atoms with Crippen molar-refractivity contribution in [3.8, 4) is 0 Å². The number of fused-ring (bicyclic) bond motifs is 1. The fraction of sp³-hybridized carbons (Fsp3) is 0.500. The quantitative estimate of drug-likeness (QED) is 0.780. The second-order valence-corrected chi connectivity index (χ2v) is 7.12. The molecule has 1 aliphatic rings. The highest BCUT2D eigenvalue weighted by molar-refractivity contribution is 8.00. The van der Waals surface area contributed by atoms with Crippen LogP contribution in [0.3, 0.4) is 0 Å². The summed E-state index contributed by atoms with van der Waals surface area (Å²) in [5.74, 6) is 0.583. The molecule has 0 radical (unpaired) electrons. The van der Waals surface area contributed by atoms with Crippen molar-refractivity contribution in [3.05, 3.63) is 29.8 Å². The van der Waals surface area contributed by atoms with Crippen LogP contribution in [0.15, 0.2) is 18.2 Å². The van der Waals surface area contributed by atoms with E-state index in [4.69, 9.17) is 11.6 Å². The van der Waals surface area contributed by atoms with Crippen LogP contribution in [-0.4, -0.2) is 20.6 Å². The minimum atomic E-state index is -0.253. The van der Waals surface area contributed by atoms with E-state index in [1.165, 1.54) is 25.0 Å². The second-order valence-electron chi connectivity index (χ2n) is 5.19. The van der Waals surface area contributed by atoms with Gasteiger partial charge in [-0.25, -0.2) is 9.37 Å². The molecule has 0 bridgehead atoms. The smallest absolute Gasteiger partial charge is 0.127 e. The summed E-state index contributed by atoms with van der Waals surface area (Å²) in [4.78, 5) is 4.50. The van der Waals surface area contributed by atoms with Crippen molar-refractivity contribution in [2.45, 2.75) is 36.4 Å². The summed E-state index contributed by atoms with van der Waals surface area (Å²) in [6.45, 7) is 2.82. The third-order valence-electron chi connectivity index (χ3n) is 3.78. The number of nitrogens with zero attached hydrogens (tertiary/aromatic N) is 2. The third kappa shape index (κ3) is 2.36. The second kappa shape index (κ2) is 4.67. The van der Waals surface area contributed by atoms with Crippen molar-refractivity contribution >= 4 is 34.4 Å². The Labute approximate surface area is 121 Å². The van der Waals surface area contributed by atoms with Gasteiger partial charge in [0.1, 0.15) is 11.6 Å². The zero-order valence-electron chi connectivity index (χ0n) is 11.0. The molecular formula is C14H16ClFN2S. The summed E-state index contributed by atoms with van der Waals surface area (Å²) in [5, 5.41) is -0.173. The molecule has 1 aliphatic carbocycles. The molecule has 3 rings (SSSR count). The molecule has 1 atom stereocenters. The van der Waals surface area contributed by atoms with E-state index in [1.54, 1.807) is 6.07 Å². The van der Waals surface area contributed by atoms with Crippen molar-refractivity contribution in [2.75, 3.05) is 6.26 Å². The molecule has 19 heavy (non-hydrogen) atoms. The molecule has 1 heterocycles. The maximum absolute atomic E-state index is 13.3. The van der Waals surface area contributed by atoms with E-state index in [0.29, 0.717) is 10.3 Å². The SMILES string of the molecule is CSC1(Cn2c(C(C)Cl)nc3cc(F)ccc32)CC1. The van der Waals surface area contributed by atoms with Gasteiger partial charge < -0.3 is 4.57 Å². The van der Waals surface area contributed by atoms with Gasteiger partial charge in [-0.15, -0.1) is 11.6 Å². The number of benzene rings is 1. The van der Waals surface area contributed by atoms with Crippen LogP contribution in [0.4, 0.5) is 4.39 Å². The Hall–Kier alpha value is -0.740. The first-order valence-corrected chi connectivity index (χ1v) is 8.06. The van der Waals surface area contributed by atoms with E-state index in [2.05, 4.69) is 15.8 Å². The van der Waals surface area contributed by atoms with E-state index in [1.807, 2.05) is 18.7 Å². The molecule has 1 aromatic carbocycles. The lowest BCUT2D eigenvalue weighted by Gasteiger charge is -2.17. The number of alkyl halides is 1. The highest BCUT2D eigenvalue weighted by Crippen LogP contribution is 2.49. The molecule has 102 valence electrons. The lowest BCUT2D eigenvalue weighted by atomic mass is 10.3. The number of imidazole rings is 1. The fourth-order valence-electron chi connectivity index (χ4n) is 2.45. The Bertz CT molecular complexity index is 619. The Morgan fingerprint density at radius 2 is 2.26 bits per heavy atom. The average Bonchev–Trinajstić information content (AvgIpc) is 3.06. The van der Waals surface area contributed by atoms with Gasteiger partial charge in [0.15, 0.2) is 0 Å². The summed E-state index contributed by atoms with van der Waals surface area (Å²) in [5.41, 5.74) is 1.67. The first-order chi connectivity index (χ1) is 9.04. The van der Waals surface area contributed by atoms with Crippen LogP contribution >= 0.6 is 23.4 Å². The lowest BCUT2D eigenvalue weighted by molar-refractivity contribution is 0.628. The molecule has 0 aliphatic heterocycles.